The van der Waals surface area contributed by atoms with Crippen LogP contribution in [0.15, 0.2) is 12.7 Å². The Balaban J connectivity index is 4.55. The fourth-order valence-corrected chi connectivity index (χ4v) is 1.62. The molecule has 72 valence electrons. The van der Waals surface area contributed by atoms with Crippen molar-refractivity contribution in [2.24, 2.45) is 0 Å². The molecule has 0 aromatic heterocycles. The first-order chi connectivity index (χ1) is 5.43. The van der Waals surface area contributed by atoms with Gasteiger partial charge in [0.05, 0.1) is 12.7 Å². The molecular weight excluding hydrogens is 184 g/mol. The summed E-state index contributed by atoms with van der Waals surface area (Å²) in [5, 5.41) is 16.0. The van der Waals surface area contributed by atoms with E-state index in [1.807, 2.05) is 0 Å². The first-order valence-electron chi connectivity index (χ1n) is 3.29. The van der Waals surface area contributed by atoms with Crippen molar-refractivity contribution >= 4 is 10.1 Å². The minimum atomic E-state index is -4.32. The largest absolute Gasteiger partial charge is 0.394 e. The van der Waals surface area contributed by atoms with E-state index >= 15 is 0 Å². The molecule has 2 atom stereocenters. The molecule has 0 saturated carbocycles. The molecular formula is C6H12O5S. The van der Waals surface area contributed by atoms with Crippen LogP contribution in [0.4, 0.5) is 0 Å². The van der Waals surface area contributed by atoms with Crippen molar-refractivity contribution in [3.63, 3.8) is 0 Å². The predicted octanol–water partition coefficient (Wildman–Crippen LogP) is -0.828. The van der Waals surface area contributed by atoms with Crippen LogP contribution >= 0.6 is 0 Å². The molecule has 0 amide bonds. The van der Waals surface area contributed by atoms with Crippen LogP contribution in [0.2, 0.25) is 0 Å². The summed E-state index contributed by atoms with van der Waals surface area (Å²) in [7, 11) is -4.32. The van der Waals surface area contributed by atoms with Crippen molar-refractivity contribution in [3.05, 3.63) is 12.7 Å². The molecule has 0 aliphatic carbocycles. The summed E-state index contributed by atoms with van der Waals surface area (Å²) in [4.78, 5) is 0. The highest BCUT2D eigenvalue weighted by Gasteiger charge is 2.28. The third-order valence-electron chi connectivity index (χ3n) is 1.40. The Morgan fingerprint density at radius 2 is 2.00 bits per heavy atom. The second-order valence-electron chi connectivity index (χ2n) is 2.33. The van der Waals surface area contributed by atoms with Gasteiger partial charge in [-0.2, -0.15) is 8.42 Å². The standard InChI is InChI=1S/C6H12O5S/c1-2-3-6(5(8)4-7)12(9,10)11/h2,5-8H,1,3-4H2,(H,9,10,11). The normalized spacial score (nSPS) is 16.9. The molecule has 0 heterocycles. The van der Waals surface area contributed by atoms with E-state index in [1.54, 1.807) is 0 Å². The van der Waals surface area contributed by atoms with Crippen molar-refractivity contribution in [1.29, 1.82) is 0 Å². The maximum Gasteiger partial charge on any atom is 0.270 e. The number of hydrogen-bond acceptors (Lipinski definition) is 4. The predicted molar refractivity (Wildman–Crippen MR) is 43.2 cm³/mol. The molecule has 0 aliphatic rings. The highest BCUT2D eigenvalue weighted by Crippen LogP contribution is 2.09. The lowest BCUT2D eigenvalue weighted by atomic mass is 10.2. The molecule has 12 heavy (non-hydrogen) atoms. The molecule has 0 spiro atoms. The zero-order valence-corrected chi connectivity index (χ0v) is 7.24. The third-order valence-corrected chi connectivity index (χ3v) is 2.67. The summed E-state index contributed by atoms with van der Waals surface area (Å²) in [6.45, 7) is 2.55. The first-order valence-corrected chi connectivity index (χ1v) is 4.80. The van der Waals surface area contributed by atoms with Gasteiger partial charge in [-0.25, -0.2) is 0 Å². The van der Waals surface area contributed by atoms with E-state index < -0.39 is 28.1 Å². The summed E-state index contributed by atoms with van der Waals surface area (Å²) >= 11 is 0. The van der Waals surface area contributed by atoms with Crippen molar-refractivity contribution in [2.75, 3.05) is 6.61 Å². The van der Waals surface area contributed by atoms with Gasteiger partial charge in [0.15, 0.2) is 0 Å². The number of allylic oxidation sites excluding steroid dienone is 1. The van der Waals surface area contributed by atoms with Gasteiger partial charge in [0.1, 0.15) is 5.25 Å². The van der Waals surface area contributed by atoms with Crippen molar-refractivity contribution < 1.29 is 23.2 Å². The summed E-state index contributed by atoms with van der Waals surface area (Å²) in [5.41, 5.74) is 0. The van der Waals surface area contributed by atoms with Crippen LogP contribution in [0, 0.1) is 0 Å². The van der Waals surface area contributed by atoms with Gasteiger partial charge in [0, 0.05) is 0 Å². The lowest BCUT2D eigenvalue weighted by Crippen LogP contribution is -2.35. The molecule has 0 aliphatic heterocycles. The van der Waals surface area contributed by atoms with Gasteiger partial charge in [-0.15, -0.1) is 6.58 Å². The van der Waals surface area contributed by atoms with Crippen LogP contribution in [-0.2, 0) is 10.1 Å². The molecule has 0 bridgehead atoms. The van der Waals surface area contributed by atoms with E-state index in [1.165, 1.54) is 6.08 Å². The van der Waals surface area contributed by atoms with Crippen LogP contribution in [-0.4, -0.2) is 41.1 Å². The van der Waals surface area contributed by atoms with Crippen molar-refractivity contribution in [2.45, 2.75) is 17.8 Å². The summed E-state index contributed by atoms with van der Waals surface area (Å²) < 4.78 is 29.7. The van der Waals surface area contributed by atoms with E-state index in [2.05, 4.69) is 6.58 Å². The molecule has 5 nitrogen and oxygen atoms in total. The zero-order chi connectivity index (χ0) is 9.78. The van der Waals surface area contributed by atoms with Crippen LogP contribution < -0.4 is 0 Å². The topological polar surface area (TPSA) is 94.8 Å². The van der Waals surface area contributed by atoms with Gasteiger partial charge in [-0.3, -0.25) is 4.55 Å². The van der Waals surface area contributed by atoms with Gasteiger partial charge < -0.3 is 10.2 Å². The van der Waals surface area contributed by atoms with E-state index in [-0.39, 0.29) is 6.42 Å². The number of rotatable bonds is 5. The van der Waals surface area contributed by atoms with Gasteiger partial charge >= 0.3 is 0 Å². The smallest absolute Gasteiger partial charge is 0.270 e. The van der Waals surface area contributed by atoms with E-state index in [4.69, 9.17) is 14.8 Å². The van der Waals surface area contributed by atoms with E-state index in [9.17, 15) is 8.42 Å². The summed E-state index contributed by atoms with van der Waals surface area (Å²) in [5.74, 6) is 0. The second-order valence-corrected chi connectivity index (χ2v) is 3.96. The maximum atomic E-state index is 10.6. The van der Waals surface area contributed by atoms with Crippen LogP contribution in [0.25, 0.3) is 0 Å². The van der Waals surface area contributed by atoms with Gasteiger partial charge in [0.2, 0.25) is 0 Å². The minimum Gasteiger partial charge on any atom is -0.394 e. The Labute approximate surface area is 71.1 Å². The second kappa shape index (κ2) is 4.56. The van der Waals surface area contributed by atoms with Crippen LogP contribution in [0.1, 0.15) is 6.42 Å². The van der Waals surface area contributed by atoms with Crippen LogP contribution in [0.5, 0.6) is 0 Å². The molecule has 0 rings (SSSR count). The Hall–Kier alpha value is -0.430. The Bertz CT molecular complexity index is 232. The average Bonchev–Trinajstić information content (AvgIpc) is 1.96. The fraction of sp³-hybridized carbons (Fsp3) is 0.667. The molecule has 0 saturated heterocycles. The number of aliphatic hydroxyl groups excluding tert-OH is 2. The maximum absolute atomic E-state index is 10.6. The molecule has 0 aromatic rings. The van der Waals surface area contributed by atoms with E-state index in [0.717, 1.165) is 0 Å². The quantitative estimate of drug-likeness (QED) is 0.394. The Morgan fingerprint density at radius 3 is 2.25 bits per heavy atom. The SMILES string of the molecule is C=CCC(C(O)CO)S(=O)(=O)O. The highest BCUT2D eigenvalue weighted by molar-refractivity contribution is 7.86. The van der Waals surface area contributed by atoms with Gasteiger partial charge in [-0.05, 0) is 6.42 Å². The minimum absolute atomic E-state index is 0.0967. The Kier molecular flexibility index (Phi) is 4.40. The van der Waals surface area contributed by atoms with Gasteiger partial charge in [-0.1, -0.05) is 6.08 Å². The van der Waals surface area contributed by atoms with Crippen LogP contribution in [0.3, 0.4) is 0 Å². The molecule has 6 heteroatoms. The fourth-order valence-electron chi connectivity index (χ4n) is 0.759. The third kappa shape index (κ3) is 3.31. The molecule has 0 fully saturated rings. The monoisotopic (exact) mass is 196 g/mol. The molecule has 0 aromatic carbocycles. The van der Waals surface area contributed by atoms with E-state index in [0.29, 0.717) is 0 Å². The van der Waals surface area contributed by atoms with Gasteiger partial charge in [0.25, 0.3) is 10.1 Å². The molecule has 3 N–H and O–H groups in total. The Morgan fingerprint density at radius 1 is 1.50 bits per heavy atom. The average molecular weight is 196 g/mol. The summed E-state index contributed by atoms with van der Waals surface area (Å²) in [6.07, 6.45) is -0.323. The molecule has 0 radical (unpaired) electrons. The first kappa shape index (κ1) is 11.6. The lowest BCUT2D eigenvalue weighted by Gasteiger charge is -2.15. The lowest BCUT2D eigenvalue weighted by molar-refractivity contribution is 0.0894. The summed E-state index contributed by atoms with van der Waals surface area (Å²) in [6, 6.07) is 0. The molecule has 2 unspecified atom stereocenters. The van der Waals surface area contributed by atoms with Crippen molar-refractivity contribution in [3.8, 4) is 0 Å². The number of hydrogen-bond donors (Lipinski definition) is 3. The van der Waals surface area contributed by atoms with Crippen molar-refractivity contribution in [1.82, 2.24) is 0 Å². The highest BCUT2D eigenvalue weighted by atomic mass is 32.2. The number of aliphatic hydroxyl groups is 2. The zero-order valence-electron chi connectivity index (χ0n) is 6.42.